The molecule has 0 heterocycles. The van der Waals surface area contributed by atoms with Crippen molar-refractivity contribution in [2.75, 3.05) is 6.67 Å². The molecular weight excluding hydrogens is 248 g/mol. The minimum absolute atomic E-state index is 0.0916. The standard InChI is InChI=1S/C13H16F4O/c1-8(2)18-13(16,17)11(5)12(15)6-9(3)10(4)7-14/h6,8H,3-5,7H2,1-2H3/b12-6+. The molecule has 0 unspecified atom stereocenters. The summed E-state index contributed by atoms with van der Waals surface area (Å²) >= 11 is 0. The first-order valence-electron chi connectivity index (χ1n) is 5.17. The number of alkyl halides is 3. The van der Waals surface area contributed by atoms with Crippen LogP contribution in [0.1, 0.15) is 13.8 Å². The predicted octanol–water partition coefficient (Wildman–Crippen LogP) is 4.50. The molecule has 1 nitrogen and oxygen atoms in total. The third-order valence-electron chi connectivity index (χ3n) is 1.94. The molecule has 5 heteroatoms. The first-order chi connectivity index (χ1) is 8.11. The van der Waals surface area contributed by atoms with Crippen LogP contribution in [0.25, 0.3) is 0 Å². The molecule has 0 saturated carbocycles. The van der Waals surface area contributed by atoms with Crippen LogP contribution in [0.5, 0.6) is 0 Å². The first kappa shape index (κ1) is 16.6. The molecule has 0 aliphatic heterocycles. The van der Waals surface area contributed by atoms with Crippen LogP contribution < -0.4 is 0 Å². The monoisotopic (exact) mass is 264 g/mol. The van der Waals surface area contributed by atoms with Crippen LogP contribution in [0.2, 0.25) is 0 Å². The van der Waals surface area contributed by atoms with Gasteiger partial charge in [0.25, 0.3) is 0 Å². The van der Waals surface area contributed by atoms with E-state index < -0.39 is 30.3 Å². The van der Waals surface area contributed by atoms with Gasteiger partial charge in [0.2, 0.25) is 0 Å². The molecule has 0 aromatic heterocycles. The number of hydrogen-bond acceptors (Lipinski definition) is 1. The highest BCUT2D eigenvalue weighted by Gasteiger charge is 2.37. The van der Waals surface area contributed by atoms with Gasteiger partial charge in [-0.25, -0.2) is 8.78 Å². The molecule has 0 saturated heterocycles. The Morgan fingerprint density at radius 3 is 2.17 bits per heavy atom. The molecule has 0 aromatic rings. The fourth-order valence-corrected chi connectivity index (χ4v) is 0.934. The Balaban J connectivity index is 4.94. The van der Waals surface area contributed by atoms with E-state index in [1.807, 2.05) is 0 Å². The largest absolute Gasteiger partial charge is 0.385 e. The predicted molar refractivity (Wildman–Crippen MR) is 63.8 cm³/mol. The average molecular weight is 264 g/mol. The van der Waals surface area contributed by atoms with Crippen LogP contribution in [0.15, 0.2) is 48.4 Å². The zero-order chi connectivity index (χ0) is 14.5. The van der Waals surface area contributed by atoms with E-state index in [1.165, 1.54) is 13.8 Å². The normalized spacial score (nSPS) is 12.7. The number of ether oxygens (including phenoxy) is 1. The van der Waals surface area contributed by atoms with Crippen LogP contribution in [0, 0.1) is 0 Å². The number of rotatable bonds is 7. The maximum absolute atomic E-state index is 13.5. The number of hydrogen-bond donors (Lipinski definition) is 0. The fourth-order valence-electron chi connectivity index (χ4n) is 0.934. The molecule has 0 aromatic carbocycles. The summed E-state index contributed by atoms with van der Waals surface area (Å²) in [6.45, 7) is 11.3. The van der Waals surface area contributed by atoms with E-state index in [0.29, 0.717) is 6.08 Å². The lowest BCUT2D eigenvalue weighted by molar-refractivity contribution is -0.227. The Bertz CT molecular complexity index is 380. The van der Waals surface area contributed by atoms with E-state index in [2.05, 4.69) is 24.5 Å². The molecule has 0 spiro atoms. The topological polar surface area (TPSA) is 9.23 Å². The molecule has 0 amide bonds. The van der Waals surface area contributed by atoms with E-state index in [1.54, 1.807) is 0 Å². The lowest BCUT2D eigenvalue weighted by Crippen LogP contribution is -2.27. The third-order valence-corrected chi connectivity index (χ3v) is 1.94. The Labute approximate surface area is 104 Å². The van der Waals surface area contributed by atoms with Gasteiger partial charge in [-0.3, -0.25) is 0 Å². The molecule has 0 aliphatic rings. The van der Waals surface area contributed by atoms with E-state index in [-0.39, 0.29) is 11.1 Å². The molecule has 0 fully saturated rings. The Kier molecular flexibility index (Phi) is 6.05. The Morgan fingerprint density at radius 1 is 1.28 bits per heavy atom. The molecule has 0 bridgehead atoms. The smallest absolute Gasteiger partial charge is 0.314 e. The molecule has 18 heavy (non-hydrogen) atoms. The van der Waals surface area contributed by atoms with Gasteiger partial charge in [-0.2, -0.15) is 8.78 Å². The van der Waals surface area contributed by atoms with Crippen molar-refractivity contribution in [1.29, 1.82) is 0 Å². The van der Waals surface area contributed by atoms with Gasteiger partial charge in [-0.15, -0.1) is 0 Å². The highest BCUT2D eigenvalue weighted by molar-refractivity contribution is 5.41. The van der Waals surface area contributed by atoms with Crippen molar-refractivity contribution in [2.24, 2.45) is 0 Å². The van der Waals surface area contributed by atoms with Gasteiger partial charge in [0.05, 0.1) is 11.7 Å². The van der Waals surface area contributed by atoms with Gasteiger partial charge in [-0.1, -0.05) is 19.7 Å². The van der Waals surface area contributed by atoms with Crippen LogP contribution in [-0.4, -0.2) is 18.9 Å². The van der Waals surface area contributed by atoms with Crippen molar-refractivity contribution in [2.45, 2.75) is 26.1 Å². The summed E-state index contributed by atoms with van der Waals surface area (Å²) in [5.74, 6) is -1.32. The summed E-state index contributed by atoms with van der Waals surface area (Å²) < 4.78 is 56.5. The van der Waals surface area contributed by atoms with Gasteiger partial charge < -0.3 is 4.74 Å². The van der Waals surface area contributed by atoms with Crippen LogP contribution in [0.3, 0.4) is 0 Å². The molecule has 0 rings (SSSR count). The molecular formula is C13H16F4O. The average Bonchev–Trinajstić information content (AvgIpc) is 2.24. The number of allylic oxidation sites excluding steroid dienone is 3. The van der Waals surface area contributed by atoms with Crippen molar-refractivity contribution in [3.63, 3.8) is 0 Å². The lowest BCUT2D eigenvalue weighted by atomic mass is 10.1. The second-order valence-corrected chi connectivity index (χ2v) is 3.92. The summed E-state index contributed by atoms with van der Waals surface area (Å²) in [7, 11) is 0. The van der Waals surface area contributed by atoms with Gasteiger partial charge in [0, 0.05) is 0 Å². The van der Waals surface area contributed by atoms with E-state index >= 15 is 0 Å². The molecule has 0 atom stereocenters. The van der Waals surface area contributed by atoms with Crippen molar-refractivity contribution in [3.05, 3.63) is 48.4 Å². The molecule has 0 N–H and O–H groups in total. The van der Waals surface area contributed by atoms with Crippen LogP contribution >= 0.6 is 0 Å². The first-order valence-corrected chi connectivity index (χ1v) is 5.17. The zero-order valence-corrected chi connectivity index (χ0v) is 10.4. The van der Waals surface area contributed by atoms with Gasteiger partial charge in [0.15, 0.2) is 0 Å². The summed E-state index contributed by atoms with van der Waals surface area (Å²) in [6, 6.07) is 0. The van der Waals surface area contributed by atoms with E-state index in [4.69, 9.17) is 0 Å². The minimum atomic E-state index is -3.83. The fraction of sp³-hybridized carbons (Fsp3) is 0.385. The highest BCUT2D eigenvalue weighted by atomic mass is 19.3. The Hall–Kier alpha value is -1.36. The molecule has 102 valence electrons. The van der Waals surface area contributed by atoms with E-state index in [9.17, 15) is 17.6 Å². The van der Waals surface area contributed by atoms with Gasteiger partial charge in [0.1, 0.15) is 12.5 Å². The number of halogens is 4. The maximum atomic E-state index is 13.5. The summed E-state index contributed by atoms with van der Waals surface area (Å²) in [5.41, 5.74) is -1.34. The second-order valence-electron chi connectivity index (χ2n) is 3.92. The highest BCUT2D eigenvalue weighted by Crippen LogP contribution is 2.32. The quantitative estimate of drug-likeness (QED) is 0.486. The minimum Gasteiger partial charge on any atom is -0.314 e. The van der Waals surface area contributed by atoms with Crippen LogP contribution in [-0.2, 0) is 4.74 Å². The SMILES string of the molecule is C=C(/C=C(/F)C(=C)C(F)(F)OC(C)C)C(=C)CF. The maximum Gasteiger partial charge on any atom is 0.385 e. The van der Waals surface area contributed by atoms with E-state index in [0.717, 1.165) is 0 Å². The van der Waals surface area contributed by atoms with Crippen LogP contribution in [0.4, 0.5) is 17.6 Å². The summed E-state index contributed by atoms with van der Waals surface area (Å²) in [6.07, 6.45) is -3.97. The summed E-state index contributed by atoms with van der Waals surface area (Å²) in [5, 5.41) is 0. The lowest BCUT2D eigenvalue weighted by Gasteiger charge is -2.20. The molecule has 0 radical (unpaired) electrons. The van der Waals surface area contributed by atoms with Gasteiger partial charge in [-0.05, 0) is 31.1 Å². The van der Waals surface area contributed by atoms with Crippen molar-refractivity contribution in [1.82, 2.24) is 0 Å². The summed E-state index contributed by atoms with van der Waals surface area (Å²) in [4.78, 5) is 0. The Morgan fingerprint density at radius 2 is 1.78 bits per heavy atom. The molecule has 0 aliphatic carbocycles. The van der Waals surface area contributed by atoms with Crippen molar-refractivity contribution < 1.29 is 22.3 Å². The van der Waals surface area contributed by atoms with Crippen molar-refractivity contribution >= 4 is 0 Å². The van der Waals surface area contributed by atoms with Gasteiger partial charge >= 0.3 is 6.11 Å². The third kappa shape index (κ3) is 4.87. The van der Waals surface area contributed by atoms with Crippen molar-refractivity contribution in [3.8, 4) is 0 Å². The second kappa shape index (κ2) is 6.54. The zero-order valence-electron chi connectivity index (χ0n) is 10.4.